The summed E-state index contributed by atoms with van der Waals surface area (Å²) in [4.78, 5) is 16.2. The van der Waals surface area contributed by atoms with E-state index in [1.54, 1.807) is 11.3 Å². The number of nitrogens with zero attached hydrogens (tertiary/aromatic N) is 2. The maximum atomic E-state index is 13.1. The highest BCUT2D eigenvalue weighted by molar-refractivity contribution is 7.13. The number of fused-ring (bicyclic) bond motifs is 1. The Kier molecular flexibility index (Phi) is 4.67. The van der Waals surface area contributed by atoms with Crippen LogP contribution >= 0.6 is 22.9 Å². The van der Waals surface area contributed by atoms with Gasteiger partial charge < -0.3 is 18.9 Å². The van der Waals surface area contributed by atoms with Crippen molar-refractivity contribution in [2.75, 3.05) is 26.3 Å². The van der Waals surface area contributed by atoms with Crippen LogP contribution in [0.25, 0.3) is 21.5 Å². The molecule has 1 amide bonds. The van der Waals surface area contributed by atoms with Crippen LogP contribution in [0.15, 0.2) is 41.8 Å². The molecular formula is C21H21ClN2O3S. The zero-order valence-electron chi connectivity index (χ0n) is 15.4. The molecule has 1 aromatic carbocycles. The highest BCUT2D eigenvalue weighted by Crippen LogP contribution is 2.34. The third-order valence-corrected chi connectivity index (χ3v) is 6.75. The Labute approximate surface area is 172 Å². The molecule has 0 saturated carbocycles. The number of amides is 1. The Bertz CT molecular complexity index is 998. The van der Waals surface area contributed by atoms with Gasteiger partial charge in [-0.15, -0.1) is 11.3 Å². The molecule has 2 aromatic heterocycles. The van der Waals surface area contributed by atoms with E-state index in [9.17, 15) is 4.79 Å². The molecule has 0 bridgehead atoms. The minimum atomic E-state index is -0.462. The highest BCUT2D eigenvalue weighted by Gasteiger charge is 2.40. The molecule has 0 N–H and O–H groups in total. The summed E-state index contributed by atoms with van der Waals surface area (Å²) in [5, 5.41) is 3.80. The maximum absolute atomic E-state index is 13.1. The van der Waals surface area contributed by atoms with Gasteiger partial charge in [-0.2, -0.15) is 0 Å². The lowest BCUT2D eigenvalue weighted by atomic mass is 10.0. The number of halogens is 1. The predicted molar refractivity (Wildman–Crippen MR) is 111 cm³/mol. The van der Waals surface area contributed by atoms with Crippen molar-refractivity contribution in [1.29, 1.82) is 0 Å². The van der Waals surface area contributed by atoms with Crippen LogP contribution in [0.4, 0.5) is 0 Å². The lowest BCUT2D eigenvalue weighted by Gasteiger charge is -2.37. The standard InChI is InChI=1S/C21H21ClN2O3S/c22-16-3-4-17-15(12-16)13-18(19-2-1-11-28-19)24(17)14-20(25)23-7-5-21(6-8-23)26-9-10-27-21/h1-4,11-13H,5-10,14H2. The lowest BCUT2D eigenvalue weighted by Crippen LogP contribution is -2.48. The first kappa shape index (κ1) is 18.2. The molecule has 4 heterocycles. The lowest BCUT2D eigenvalue weighted by molar-refractivity contribution is -0.187. The fraction of sp³-hybridized carbons (Fsp3) is 0.381. The maximum Gasteiger partial charge on any atom is 0.242 e. The summed E-state index contributed by atoms with van der Waals surface area (Å²) in [6.45, 7) is 2.94. The molecule has 0 unspecified atom stereocenters. The zero-order valence-corrected chi connectivity index (χ0v) is 17.0. The number of hydrogen-bond acceptors (Lipinski definition) is 4. The van der Waals surface area contributed by atoms with Crippen molar-refractivity contribution in [1.82, 2.24) is 9.47 Å². The molecule has 2 fully saturated rings. The third-order valence-electron chi connectivity index (χ3n) is 5.62. The first-order valence-electron chi connectivity index (χ1n) is 9.52. The van der Waals surface area contributed by atoms with E-state index in [2.05, 4.69) is 22.1 Å². The van der Waals surface area contributed by atoms with Crippen LogP contribution in [0, 0.1) is 0 Å². The number of thiophene rings is 1. The van der Waals surface area contributed by atoms with Crippen LogP contribution in [0.5, 0.6) is 0 Å². The van der Waals surface area contributed by atoms with Gasteiger partial charge in [0.2, 0.25) is 5.91 Å². The average molecular weight is 417 g/mol. The van der Waals surface area contributed by atoms with E-state index in [1.165, 1.54) is 0 Å². The number of carbonyl (C=O) groups excluding carboxylic acids is 1. The Morgan fingerprint density at radius 2 is 1.93 bits per heavy atom. The van der Waals surface area contributed by atoms with Crippen LogP contribution < -0.4 is 0 Å². The second kappa shape index (κ2) is 7.19. The van der Waals surface area contributed by atoms with E-state index in [-0.39, 0.29) is 5.91 Å². The predicted octanol–water partition coefficient (Wildman–Crippen LogP) is 4.39. The summed E-state index contributed by atoms with van der Waals surface area (Å²) >= 11 is 7.86. The number of hydrogen-bond donors (Lipinski definition) is 0. The van der Waals surface area contributed by atoms with E-state index in [4.69, 9.17) is 21.1 Å². The SMILES string of the molecule is O=C(Cn1c(-c2cccs2)cc2cc(Cl)ccc21)N1CCC2(CC1)OCCO2. The number of carbonyl (C=O) groups is 1. The van der Waals surface area contributed by atoms with E-state index < -0.39 is 5.79 Å². The molecule has 2 aliphatic heterocycles. The molecule has 0 radical (unpaired) electrons. The third kappa shape index (κ3) is 3.24. The minimum Gasteiger partial charge on any atom is -0.347 e. The number of rotatable bonds is 3. The van der Waals surface area contributed by atoms with Gasteiger partial charge in [0.15, 0.2) is 5.79 Å². The van der Waals surface area contributed by atoms with E-state index >= 15 is 0 Å². The van der Waals surface area contributed by atoms with Crippen molar-refractivity contribution in [3.63, 3.8) is 0 Å². The molecule has 5 nitrogen and oxygen atoms in total. The fourth-order valence-corrected chi connectivity index (χ4v) is 5.09. The van der Waals surface area contributed by atoms with Crippen molar-refractivity contribution in [3.05, 3.63) is 46.8 Å². The summed E-state index contributed by atoms with van der Waals surface area (Å²) in [6.07, 6.45) is 1.47. The van der Waals surface area contributed by atoms with Crippen molar-refractivity contribution in [3.8, 4) is 10.6 Å². The summed E-state index contributed by atoms with van der Waals surface area (Å²) < 4.78 is 13.7. The Morgan fingerprint density at radius 1 is 1.14 bits per heavy atom. The van der Waals surface area contributed by atoms with Crippen LogP contribution in [0.3, 0.4) is 0 Å². The summed E-state index contributed by atoms with van der Waals surface area (Å²) in [6, 6.07) is 12.1. The molecule has 5 rings (SSSR count). The van der Waals surface area contributed by atoms with Gasteiger partial charge in [-0.25, -0.2) is 0 Å². The Hall–Kier alpha value is -1.86. The summed E-state index contributed by atoms with van der Waals surface area (Å²) in [5.41, 5.74) is 2.08. The van der Waals surface area contributed by atoms with Gasteiger partial charge in [0.1, 0.15) is 6.54 Å². The van der Waals surface area contributed by atoms with Gasteiger partial charge in [-0.3, -0.25) is 4.79 Å². The number of piperidine rings is 1. The first-order chi connectivity index (χ1) is 13.6. The molecule has 1 spiro atoms. The van der Waals surface area contributed by atoms with Crippen LogP contribution in [-0.4, -0.2) is 47.5 Å². The summed E-state index contributed by atoms with van der Waals surface area (Å²) in [5.74, 6) is -0.339. The van der Waals surface area contributed by atoms with Crippen molar-refractivity contribution >= 4 is 39.7 Å². The van der Waals surface area contributed by atoms with Gasteiger partial charge in [0, 0.05) is 41.9 Å². The number of benzene rings is 1. The van der Waals surface area contributed by atoms with E-state index in [0.717, 1.165) is 34.3 Å². The van der Waals surface area contributed by atoms with E-state index in [0.29, 0.717) is 37.9 Å². The van der Waals surface area contributed by atoms with Crippen LogP contribution in [0.2, 0.25) is 5.02 Å². The van der Waals surface area contributed by atoms with Gasteiger partial charge in [0.25, 0.3) is 0 Å². The smallest absolute Gasteiger partial charge is 0.242 e. The Balaban J connectivity index is 1.41. The minimum absolute atomic E-state index is 0.123. The highest BCUT2D eigenvalue weighted by atomic mass is 35.5. The average Bonchev–Trinajstić information content (AvgIpc) is 3.43. The second-order valence-corrected chi connectivity index (χ2v) is 8.67. The summed E-state index contributed by atoms with van der Waals surface area (Å²) in [7, 11) is 0. The quantitative estimate of drug-likeness (QED) is 0.636. The van der Waals surface area contributed by atoms with Gasteiger partial charge in [-0.05, 0) is 35.7 Å². The monoisotopic (exact) mass is 416 g/mol. The zero-order chi connectivity index (χ0) is 19.1. The fourth-order valence-electron chi connectivity index (χ4n) is 4.16. The van der Waals surface area contributed by atoms with Crippen LogP contribution in [0.1, 0.15) is 12.8 Å². The Morgan fingerprint density at radius 3 is 2.64 bits per heavy atom. The van der Waals surface area contributed by atoms with Gasteiger partial charge in [-0.1, -0.05) is 17.7 Å². The number of likely N-dealkylation sites (tertiary alicyclic amines) is 1. The molecule has 0 atom stereocenters. The molecular weight excluding hydrogens is 396 g/mol. The largest absolute Gasteiger partial charge is 0.347 e. The van der Waals surface area contributed by atoms with Crippen molar-refractivity contribution in [2.24, 2.45) is 0 Å². The number of aromatic nitrogens is 1. The molecule has 7 heteroatoms. The topological polar surface area (TPSA) is 43.7 Å². The second-order valence-electron chi connectivity index (χ2n) is 7.28. The van der Waals surface area contributed by atoms with Gasteiger partial charge >= 0.3 is 0 Å². The first-order valence-corrected chi connectivity index (χ1v) is 10.8. The molecule has 2 aliphatic rings. The van der Waals surface area contributed by atoms with E-state index in [1.807, 2.05) is 29.2 Å². The molecule has 28 heavy (non-hydrogen) atoms. The normalized spacial score (nSPS) is 19.0. The molecule has 146 valence electrons. The number of ether oxygens (including phenoxy) is 2. The molecule has 3 aromatic rings. The van der Waals surface area contributed by atoms with Gasteiger partial charge in [0.05, 0.1) is 23.8 Å². The molecule has 0 aliphatic carbocycles. The van der Waals surface area contributed by atoms with Crippen LogP contribution in [-0.2, 0) is 20.8 Å². The molecule has 2 saturated heterocycles. The van der Waals surface area contributed by atoms with Crippen molar-refractivity contribution < 1.29 is 14.3 Å². The van der Waals surface area contributed by atoms with Crippen molar-refractivity contribution in [2.45, 2.75) is 25.2 Å².